The lowest BCUT2D eigenvalue weighted by molar-refractivity contribution is 0.0947. The molecule has 0 radical (unpaired) electrons. The van der Waals surface area contributed by atoms with E-state index >= 15 is 0 Å². The molecular weight excluding hydrogens is 357 g/mol. The quantitative estimate of drug-likeness (QED) is 0.604. The standard InChI is InChI=1S/C22H22FN3O2/c1-14-20(21(26-25-14)15-9-10-15)16-5-4-6-17(13-16)22(27)24-11-12-28-19-8-3-2-7-18(19)23/h2-8,13,15H,9-12H2,1H3,(H,24,27)(H,25,26). The van der Waals surface area contributed by atoms with Gasteiger partial charge in [0.1, 0.15) is 6.61 Å². The number of aromatic nitrogens is 2. The van der Waals surface area contributed by atoms with E-state index in [9.17, 15) is 9.18 Å². The minimum atomic E-state index is -0.413. The van der Waals surface area contributed by atoms with Crippen LogP contribution in [0.5, 0.6) is 5.75 Å². The lowest BCUT2D eigenvalue weighted by Crippen LogP contribution is -2.28. The summed E-state index contributed by atoms with van der Waals surface area (Å²) in [6.07, 6.45) is 2.33. The number of benzene rings is 2. The second-order valence-electron chi connectivity index (χ2n) is 7.00. The molecule has 1 aromatic heterocycles. The van der Waals surface area contributed by atoms with Crippen molar-refractivity contribution in [1.29, 1.82) is 0 Å². The molecule has 1 saturated carbocycles. The van der Waals surface area contributed by atoms with E-state index in [0.29, 0.717) is 11.5 Å². The number of aromatic amines is 1. The van der Waals surface area contributed by atoms with E-state index in [1.54, 1.807) is 24.3 Å². The number of hydrogen-bond acceptors (Lipinski definition) is 3. The van der Waals surface area contributed by atoms with Gasteiger partial charge < -0.3 is 10.1 Å². The molecule has 2 aromatic carbocycles. The molecule has 0 atom stereocenters. The number of aryl methyl sites for hydroxylation is 1. The van der Waals surface area contributed by atoms with E-state index in [1.165, 1.54) is 18.9 Å². The summed E-state index contributed by atoms with van der Waals surface area (Å²) in [5, 5.41) is 10.3. The number of para-hydroxylation sites is 1. The molecule has 0 bridgehead atoms. The Bertz CT molecular complexity index is 995. The third-order valence-electron chi connectivity index (χ3n) is 4.83. The minimum absolute atomic E-state index is 0.182. The Morgan fingerprint density at radius 3 is 2.86 bits per heavy atom. The fourth-order valence-electron chi connectivity index (χ4n) is 3.27. The second kappa shape index (κ2) is 7.84. The van der Waals surface area contributed by atoms with Gasteiger partial charge in [0.15, 0.2) is 11.6 Å². The summed E-state index contributed by atoms with van der Waals surface area (Å²) in [5.74, 6) is 0.103. The molecule has 1 aliphatic rings. The van der Waals surface area contributed by atoms with Gasteiger partial charge in [-0.15, -0.1) is 0 Å². The highest BCUT2D eigenvalue weighted by molar-refractivity contribution is 5.95. The van der Waals surface area contributed by atoms with Crippen molar-refractivity contribution in [3.63, 3.8) is 0 Å². The monoisotopic (exact) mass is 379 g/mol. The number of amides is 1. The Morgan fingerprint density at radius 2 is 2.07 bits per heavy atom. The number of ether oxygens (including phenoxy) is 1. The summed E-state index contributed by atoms with van der Waals surface area (Å²) in [4.78, 5) is 12.5. The van der Waals surface area contributed by atoms with Crippen molar-refractivity contribution in [2.75, 3.05) is 13.2 Å². The largest absolute Gasteiger partial charge is 0.489 e. The Kier molecular flexibility index (Phi) is 5.10. The molecule has 28 heavy (non-hydrogen) atoms. The predicted molar refractivity (Wildman–Crippen MR) is 105 cm³/mol. The van der Waals surface area contributed by atoms with E-state index < -0.39 is 5.82 Å². The molecule has 2 N–H and O–H groups in total. The normalized spacial score (nSPS) is 13.4. The van der Waals surface area contributed by atoms with Gasteiger partial charge in [-0.2, -0.15) is 5.10 Å². The van der Waals surface area contributed by atoms with Gasteiger partial charge in [-0.1, -0.05) is 24.3 Å². The molecule has 0 aliphatic heterocycles. The number of carbonyl (C=O) groups is 1. The maximum atomic E-state index is 13.5. The molecule has 0 unspecified atom stereocenters. The number of carbonyl (C=O) groups excluding carboxylic acids is 1. The van der Waals surface area contributed by atoms with Crippen molar-refractivity contribution in [3.05, 3.63) is 71.3 Å². The molecular formula is C22H22FN3O2. The van der Waals surface area contributed by atoms with Gasteiger partial charge in [0.05, 0.1) is 12.2 Å². The van der Waals surface area contributed by atoms with Crippen LogP contribution in [0.3, 0.4) is 0 Å². The fourth-order valence-corrected chi connectivity index (χ4v) is 3.27. The van der Waals surface area contributed by atoms with Crippen molar-refractivity contribution in [3.8, 4) is 16.9 Å². The van der Waals surface area contributed by atoms with Gasteiger partial charge in [-0.05, 0) is 49.6 Å². The highest BCUT2D eigenvalue weighted by atomic mass is 19.1. The van der Waals surface area contributed by atoms with Gasteiger partial charge >= 0.3 is 0 Å². The smallest absolute Gasteiger partial charge is 0.251 e. The highest BCUT2D eigenvalue weighted by Gasteiger charge is 2.30. The Balaban J connectivity index is 1.40. The van der Waals surface area contributed by atoms with Crippen LogP contribution in [0.15, 0.2) is 48.5 Å². The molecule has 1 amide bonds. The number of H-pyrrole nitrogens is 1. The van der Waals surface area contributed by atoms with Gasteiger partial charge in [-0.3, -0.25) is 9.89 Å². The molecule has 5 nitrogen and oxygen atoms in total. The first kappa shape index (κ1) is 18.2. The SMILES string of the molecule is Cc1[nH]nc(C2CC2)c1-c1cccc(C(=O)NCCOc2ccccc2F)c1. The summed E-state index contributed by atoms with van der Waals surface area (Å²) >= 11 is 0. The minimum Gasteiger partial charge on any atom is -0.489 e. The molecule has 0 saturated heterocycles. The van der Waals surface area contributed by atoms with Crippen molar-refractivity contribution in [2.24, 2.45) is 0 Å². The molecule has 4 rings (SSSR count). The number of halogens is 1. The summed E-state index contributed by atoms with van der Waals surface area (Å²) in [6.45, 7) is 2.48. The lowest BCUT2D eigenvalue weighted by Gasteiger charge is -2.10. The van der Waals surface area contributed by atoms with E-state index in [-0.39, 0.29) is 24.8 Å². The molecule has 1 fully saturated rings. The van der Waals surface area contributed by atoms with Crippen molar-refractivity contribution in [2.45, 2.75) is 25.7 Å². The number of hydrogen-bond donors (Lipinski definition) is 2. The van der Waals surface area contributed by atoms with Crippen LogP contribution in [0.2, 0.25) is 0 Å². The molecule has 0 spiro atoms. The van der Waals surface area contributed by atoms with Crippen LogP contribution >= 0.6 is 0 Å². The predicted octanol–water partition coefficient (Wildman–Crippen LogP) is 4.21. The Hall–Kier alpha value is -3.15. The first-order valence-electron chi connectivity index (χ1n) is 9.44. The average molecular weight is 379 g/mol. The topological polar surface area (TPSA) is 67.0 Å². The van der Waals surface area contributed by atoms with Gasteiger partial charge in [0, 0.05) is 22.7 Å². The zero-order chi connectivity index (χ0) is 19.5. The zero-order valence-corrected chi connectivity index (χ0v) is 15.7. The first-order valence-corrected chi connectivity index (χ1v) is 9.44. The summed E-state index contributed by atoms with van der Waals surface area (Å²) in [5.41, 5.74) is 4.76. The Morgan fingerprint density at radius 1 is 1.25 bits per heavy atom. The van der Waals surface area contributed by atoms with Gasteiger partial charge in [0.25, 0.3) is 5.91 Å². The molecule has 144 valence electrons. The second-order valence-corrected chi connectivity index (χ2v) is 7.00. The molecule has 6 heteroatoms. The van der Waals surface area contributed by atoms with E-state index in [2.05, 4.69) is 15.5 Å². The van der Waals surface area contributed by atoms with Crippen LogP contribution in [-0.2, 0) is 0 Å². The first-order chi connectivity index (χ1) is 13.6. The molecule has 1 aliphatic carbocycles. The van der Waals surface area contributed by atoms with Gasteiger partial charge in [-0.25, -0.2) is 4.39 Å². The number of rotatable bonds is 7. The Labute approximate surface area is 162 Å². The van der Waals surface area contributed by atoms with E-state index in [0.717, 1.165) is 22.5 Å². The van der Waals surface area contributed by atoms with Crippen LogP contribution in [0.25, 0.3) is 11.1 Å². The number of nitrogens with one attached hydrogen (secondary N) is 2. The van der Waals surface area contributed by atoms with Crippen molar-refractivity contribution < 1.29 is 13.9 Å². The summed E-state index contributed by atoms with van der Waals surface area (Å²) in [6, 6.07) is 13.8. The van der Waals surface area contributed by atoms with Gasteiger partial charge in [0.2, 0.25) is 0 Å². The summed E-state index contributed by atoms with van der Waals surface area (Å²) < 4.78 is 18.9. The molecule has 3 aromatic rings. The van der Waals surface area contributed by atoms with Crippen LogP contribution in [0, 0.1) is 12.7 Å². The average Bonchev–Trinajstić information content (AvgIpc) is 3.48. The third-order valence-corrected chi connectivity index (χ3v) is 4.83. The number of nitrogens with zero attached hydrogens (tertiary/aromatic N) is 1. The fraction of sp³-hybridized carbons (Fsp3) is 0.273. The molecule has 1 heterocycles. The summed E-state index contributed by atoms with van der Waals surface area (Å²) in [7, 11) is 0. The maximum absolute atomic E-state index is 13.5. The van der Waals surface area contributed by atoms with Crippen LogP contribution < -0.4 is 10.1 Å². The van der Waals surface area contributed by atoms with Crippen LogP contribution in [-0.4, -0.2) is 29.3 Å². The van der Waals surface area contributed by atoms with Crippen molar-refractivity contribution >= 4 is 5.91 Å². The van der Waals surface area contributed by atoms with E-state index in [1.807, 2.05) is 25.1 Å². The third kappa shape index (κ3) is 3.91. The zero-order valence-electron chi connectivity index (χ0n) is 15.7. The van der Waals surface area contributed by atoms with Crippen molar-refractivity contribution in [1.82, 2.24) is 15.5 Å². The van der Waals surface area contributed by atoms with Crippen LogP contribution in [0.1, 0.15) is 40.5 Å². The van der Waals surface area contributed by atoms with Crippen LogP contribution in [0.4, 0.5) is 4.39 Å². The lowest BCUT2D eigenvalue weighted by atomic mass is 9.99. The maximum Gasteiger partial charge on any atom is 0.251 e. The van der Waals surface area contributed by atoms with E-state index in [4.69, 9.17) is 4.74 Å². The highest BCUT2D eigenvalue weighted by Crippen LogP contribution is 2.44.